The number of ether oxygens (including phenoxy) is 1. The Morgan fingerprint density at radius 2 is 2.11 bits per heavy atom. The molecular weight excluding hydrogens is 374 g/mol. The molecule has 4 aromatic rings. The molecule has 0 aliphatic carbocycles. The molecule has 0 bridgehead atoms. The van der Waals surface area contributed by atoms with E-state index in [-0.39, 0.29) is 0 Å². The molecule has 138 valence electrons. The summed E-state index contributed by atoms with van der Waals surface area (Å²) in [5.74, 6) is 1.19. The second kappa shape index (κ2) is 8.28. The quantitative estimate of drug-likeness (QED) is 0.516. The Kier molecular flexibility index (Phi) is 5.22. The molecule has 0 spiro atoms. The van der Waals surface area contributed by atoms with Gasteiger partial charge < -0.3 is 10.1 Å². The standard InChI is InChI=1S/C19H15N7OS/c20-11-15-12-21-19(24-18(15)14-5-10-28-13-14)23-16-1-3-17(4-2-16)27-9-8-26-7-6-22-25-26/h1-7,10,12-13H,8-9H2,(H,21,23,24). The topological polar surface area (TPSA) is 102 Å². The Labute approximate surface area is 165 Å². The summed E-state index contributed by atoms with van der Waals surface area (Å²) in [6.07, 6.45) is 4.96. The molecule has 1 N–H and O–H groups in total. The summed E-state index contributed by atoms with van der Waals surface area (Å²) < 4.78 is 7.41. The summed E-state index contributed by atoms with van der Waals surface area (Å²) in [6.45, 7) is 1.13. The second-order valence-corrected chi connectivity index (χ2v) is 6.52. The number of nitrogens with zero attached hydrogens (tertiary/aromatic N) is 6. The molecule has 0 atom stereocenters. The monoisotopic (exact) mass is 389 g/mol. The minimum atomic E-state index is 0.431. The van der Waals surface area contributed by atoms with Gasteiger partial charge in [0, 0.05) is 22.8 Å². The lowest BCUT2D eigenvalue weighted by atomic mass is 10.1. The van der Waals surface area contributed by atoms with E-state index in [9.17, 15) is 5.26 Å². The largest absolute Gasteiger partial charge is 0.492 e. The summed E-state index contributed by atoms with van der Waals surface area (Å²) >= 11 is 1.56. The van der Waals surface area contributed by atoms with E-state index in [1.54, 1.807) is 28.4 Å². The molecule has 0 amide bonds. The highest BCUT2D eigenvalue weighted by Gasteiger charge is 2.10. The van der Waals surface area contributed by atoms with Crippen molar-refractivity contribution in [3.63, 3.8) is 0 Å². The highest BCUT2D eigenvalue weighted by molar-refractivity contribution is 7.08. The van der Waals surface area contributed by atoms with Gasteiger partial charge in [-0.25, -0.2) is 14.6 Å². The molecule has 0 radical (unpaired) electrons. The molecule has 0 saturated carbocycles. The molecular formula is C19H15N7OS. The smallest absolute Gasteiger partial charge is 0.227 e. The molecule has 3 heterocycles. The van der Waals surface area contributed by atoms with Crippen LogP contribution < -0.4 is 10.1 Å². The first-order chi connectivity index (χ1) is 13.8. The predicted octanol–water partition coefficient (Wildman–Crippen LogP) is 3.49. The Morgan fingerprint density at radius 3 is 2.82 bits per heavy atom. The molecule has 4 rings (SSSR count). The fourth-order valence-electron chi connectivity index (χ4n) is 2.52. The molecule has 0 fully saturated rings. The molecule has 0 saturated heterocycles. The van der Waals surface area contributed by atoms with Gasteiger partial charge in [0.2, 0.25) is 5.95 Å². The minimum absolute atomic E-state index is 0.431. The van der Waals surface area contributed by atoms with E-state index in [2.05, 4.69) is 31.7 Å². The number of benzene rings is 1. The minimum Gasteiger partial charge on any atom is -0.492 e. The fourth-order valence-corrected chi connectivity index (χ4v) is 3.16. The van der Waals surface area contributed by atoms with Crippen molar-refractivity contribution in [3.05, 3.63) is 65.2 Å². The van der Waals surface area contributed by atoms with Crippen LogP contribution in [0.25, 0.3) is 11.3 Å². The van der Waals surface area contributed by atoms with E-state index in [0.717, 1.165) is 17.0 Å². The van der Waals surface area contributed by atoms with E-state index in [0.29, 0.717) is 30.4 Å². The fraction of sp³-hybridized carbons (Fsp3) is 0.105. The second-order valence-electron chi connectivity index (χ2n) is 5.74. The van der Waals surface area contributed by atoms with Gasteiger partial charge in [-0.1, -0.05) is 5.21 Å². The van der Waals surface area contributed by atoms with E-state index in [1.165, 1.54) is 6.20 Å². The molecule has 8 nitrogen and oxygen atoms in total. The summed E-state index contributed by atoms with van der Waals surface area (Å²) in [6, 6.07) is 11.6. The van der Waals surface area contributed by atoms with Crippen LogP contribution in [0.3, 0.4) is 0 Å². The van der Waals surface area contributed by atoms with Crippen LogP contribution in [0.5, 0.6) is 5.75 Å². The Bertz CT molecular complexity index is 1070. The maximum Gasteiger partial charge on any atom is 0.227 e. The normalized spacial score (nSPS) is 10.4. The maximum atomic E-state index is 9.29. The maximum absolute atomic E-state index is 9.29. The highest BCUT2D eigenvalue weighted by Crippen LogP contribution is 2.25. The van der Waals surface area contributed by atoms with Gasteiger partial charge in [0.15, 0.2) is 0 Å². The van der Waals surface area contributed by atoms with Crippen molar-refractivity contribution in [2.45, 2.75) is 6.54 Å². The van der Waals surface area contributed by atoms with E-state index in [4.69, 9.17) is 4.74 Å². The van der Waals surface area contributed by atoms with Gasteiger partial charge in [0.05, 0.1) is 30.2 Å². The number of nitriles is 1. The average Bonchev–Trinajstić information content (AvgIpc) is 3.44. The lowest BCUT2D eigenvalue weighted by molar-refractivity contribution is 0.290. The first-order valence-corrected chi connectivity index (χ1v) is 9.40. The number of thiophene rings is 1. The molecule has 28 heavy (non-hydrogen) atoms. The van der Waals surface area contributed by atoms with Crippen LogP contribution in [0.4, 0.5) is 11.6 Å². The van der Waals surface area contributed by atoms with Crippen molar-refractivity contribution < 1.29 is 4.74 Å². The molecule has 3 aromatic heterocycles. The van der Waals surface area contributed by atoms with Crippen LogP contribution in [0.15, 0.2) is 59.7 Å². The number of hydrogen-bond acceptors (Lipinski definition) is 8. The average molecular weight is 389 g/mol. The van der Waals surface area contributed by atoms with Crippen LogP contribution in [-0.2, 0) is 6.54 Å². The van der Waals surface area contributed by atoms with Crippen LogP contribution in [-0.4, -0.2) is 31.6 Å². The Hall–Kier alpha value is -3.77. The van der Waals surface area contributed by atoms with E-state index < -0.39 is 0 Å². The first kappa shape index (κ1) is 17.6. The van der Waals surface area contributed by atoms with Gasteiger partial charge in [0.1, 0.15) is 18.4 Å². The predicted molar refractivity (Wildman–Crippen MR) is 105 cm³/mol. The van der Waals surface area contributed by atoms with Crippen LogP contribution in [0.2, 0.25) is 0 Å². The summed E-state index contributed by atoms with van der Waals surface area (Å²) in [5.41, 5.74) is 2.79. The molecule has 1 aromatic carbocycles. The van der Waals surface area contributed by atoms with Crippen LogP contribution in [0.1, 0.15) is 5.56 Å². The number of nitrogens with one attached hydrogen (secondary N) is 1. The van der Waals surface area contributed by atoms with Crippen molar-refractivity contribution in [2.75, 3.05) is 11.9 Å². The Morgan fingerprint density at radius 1 is 1.21 bits per heavy atom. The van der Waals surface area contributed by atoms with E-state index in [1.807, 2.05) is 41.1 Å². The lowest BCUT2D eigenvalue weighted by Crippen LogP contribution is -2.08. The number of anilines is 2. The zero-order chi connectivity index (χ0) is 19.2. The van der Waals surface area contributed by atoms with E-state index >= 15 is 0 Å². The van der Waals surface area contributed by atoms with Crippen LogP contribution in [0, 0.1) is 11.3 Å². The number of aromatic nitrogens is 5. The van der Waals surface area contributed by atoms with Crippen molar-refractivity contribution in [2.24, 2.45) is 0 Å². The van der Waals surface area contributed by atoms with Gasteiger partial charge in [0.25, 0.3) is 0 Å². The van der Waals surface area contributed by atoms with Gasteiger partial charge in [-0.15, -0.1) is 5.10 Å². The van der Waals surface area contributed by atoms with Crippen molar-refractivity contribution in [3.8, 4) is 23.1 Å². The van der Waals surface area contributed by atoms with Crippen molar-refractivity contribution in [1.82, 2.24) is 25.0 Å². The van der Waals surface area contributed by atoms with Crippen molar-refractivity contribution in [1.29, 1.82) is 5.26 Å². The summed E-state index contributed by atoms with van der Waals surface area (Å²) in [7, 11) is 0. The number of hydrogen-bond donors (Lipinski definition) is 1. The first-order valence-electron chi connectivity index (χ1n) is 8.45. The third-order valence-electron chi connectivity index (χ3n) is 3.88. The van der Waals surface area contributed by atoms with Gasteiger partial charge in [-0.05, 0) is 35.7 Å². The van der Waals surface area contributed by atoms with Gasteiger partial charge in [-0.2, -0.15) is 16.6 Å². The third kappa shape index (κ3) is 4.13. The van der Waals surface area contributed by atoms with Gasteiger partial charge in [-0.3, -0.25) is 0 Å². The highest BCUT2D eigenvalue weighted by atomic mass is 32.1. The summed E-state index contributed by atoms with van der Waals surface area (Å²) in [4.78, 5) is 8.72. The molecule has 9 heteroatoms. The zero-order valence-corrected chi connectivity index (χ0v) is 15.5. The van der Waals surface area contributed by atoms with Gasteiger partial charge >= 0.3 is 0 Å². The Balaban J connectivity index is 1.41. The molecule has 0 aliphatic rings. The third-order valence-corrected chi connectivity index (χ3v) is 4.56. The van der Waals surface area contributed by atoms with Crippen molar-refractivity contribution >= 4 is 23.0 Å². The molecule has 0 aliphatic heterocycles. The zero-order valence-electron chi connectivity index (χ0n) is 14.7. The SMILES string of the molecule is N#Cc1cnc(Nc2ccc(OCCn3ccnn3)cc2)nc1-c1ccsc1. The lowest BCUT2D eigenvalue weighted by Gasteiger charge is -2.09. The van der Waals surface area contributed by atoms with Crippen LogP contribution >= 0.6 is 11.3 Å². The number of rotatable bonds is 7. The molecule has 0 unspecified atom stereocenters. The summed E-state index contributed by atoms with van der Waals surface area (Å²) in [5, 5.41) is 24.0.